The molecule has 1 unspecified atom stereocenters. The molecule has 2 N–H and O–H groups in total. The van der Waals surface area contributed by atoms with E-state index in [0.29, 0.717) is 0 Å². The third-order valence-corrected chi connectivity index (χ3v) is 4.14. The van der Waals surface area contributed by atoms with Crippen molar-refractivity contribution >= 4 is 5.71 Å². The SMILES string of the molecule is CN1CC/C(=N\O)C(C2(O)CCCCC2)C1. The third kappa shape index (κ3) is 2.23. The summed E-state index contributed by atoms with van der Waals surface area (Å²) in [5, 5.41) is 23.2. The Hall–Kier alpha value is -0.610. The molecule has 4 nitrogen and oxygen atoms in total. The number of nitrogens with zero attached hydrogens (tertiary/aromatic N) is 2. The van der Waals surface area contributed by atoms with Crippen LogP contribution in [0.5, 0.6) is 0 Å². The lowest BCUT2D eigenvalue weighted by atomic mass is 9.72. The van der Waals surface area contributed by atoms with Crippen LogP contribution in [-0.4, -0.2) is 46.7 Å². The molecule has 0 aromatic rings. The van der Waals surface area contributed by atoms with Gasteiger partial charge in [-0.3, -0.25) is 0 Å². The number of aliphatic hydroxyl groups is 1. The van der Waals surface area contributed by atoms with Gasteiger partial charge < -0.3 is 15.2 Å². The highest BCUT2D eigenvalue weighted by molar-refractivity contribution is 5.88. The lowest BCUT2D eigenvalue weighted by molar-refractivity contribution is -0.0389. The van der Waals surface area contributed by atoms with Gasteiger partial charge >= 0.3 is 0 Å². The highest BCUT2D eigenvalue weighted by atomic mass is 16.4. The van der Waals surface area contributed by atoms with Crippen molar-refractivity contribution in [1.29, 1.82) is 0 Å². The fourth-order valence-corrected chi connectivity index (χ4v) is 3.10. The summed E-state index contributed by atoms with van der Waals surface area (Å²) in [5.74, 6) is 0.0246. The van der Waals surface area contributed by atoms with Crippen LogP contribution < -0.4 is 0 Å². The van der Waals surface area contributed by atoms with Gasteiger partial charge in [-0.15, -0.1) is 0 Å². The molecule has 0 aromatic heterocycles. The first kappa shape index (κ1) is 11.9. The van der Waals surface area contributed by atoms with Gasteiger partial charge in [-0.1, -0.05) is 24.4 Å². The monoisotopic (exact) mass is 226 g/mol. The number of likely N-dealkylation sites (tertiary alicyclic amines) is 1. The maximum absolute atomic E-state index is 10.7. The molecule has 2 fully saturated rings. The Kier molecular flexibility index (Phi) is 3.50. The quantitative estimate of drug-likeness (QED) is 0.526. The Morgan fingerprint density at radius 1 is 1.31 bits per heavy atom. The molecule has 0 amide bonds. The number of rotatable bonds is 1. The molecule has 1 saturated carbocycles. The van der Waals surface area contributed by atoms with Gasteiger partial charge in [0.1, 0.15) is 0 Å². The molecule has 0 bridgehead atoms. The molecule has 1 heterocycles. The van der Waals surface area contributed by atoms with Crippen molar-refractivity contribution in [2.45, 2.75) is 44.1 Å². The van der Waals surface area contributed by atoms with E-state index < -0.39 is 5.60 Å². The zero-order chi connectivity index (χ0) is 11.6. The van der Waals surface area contributed by atoms with E-state index >= 15 is 0 Å². The van der Waals surface area contributed by atoms with Crippen molar-refractivity contribution < 1.29 is 10.3 Å². The fourth-order valence-electron chi connectivity index (χ4n) is 3.10. The first-order chi connectivity index (χ1) is 7.65. The average molecular weight is 226 g/mol. The second-order valence-electron chi connectivity index (χ2n) is 5.32. The smallest absolute Gasteiger partial charge is 0.0741 e. The lowest BCUT2D eigenvalue weighted by Gasteiger charge is -2.43. The second kappa shape index (κ2) is 4.72. The van der Waals surface area contributed by atoms with Gasteiger partial charge in [-0.2, -0.15) is 0 Å². The fraction of sp³-hybridized carbons (Fsp3) is 0.917. The van der Waals surface area contributed by atoms with Gasteiger partial charge in [0.25, 0.3) is 0 Å². The lowest BCUT2D eigenvalue weighted by Crippen LogP contribution is -2.52. The van der Waals surface area contributed by atoms with Gasteiger partial charge in [0.2, 0.25) is 0 Å². The molecule has 0 radical (unpaired) electrons. The molecule has 1 aliphatic heterocycles. The molecule has 92 valence electrons. The minimum atomic E-state index is -0.630. The molecule has 0 aromatic carbocycles. The Morgan fingerprint density at radius 2 is 2.00 bits per heavy atom. The maximum Gasteiger partial charge on any atom is 0.0741 e. The highest BCUT2D eigenvalue weighted by Gasteiger charge is 2.42. The molecular formula is C12H22N2O2. The van der Waals surface area contributed by atoms with Crippen LogP contribution in [0.4, 0.5) is 0 Å². The van der Waals surface area contributed by atoms with E-state index in [0.717, 1.165) is 50.9 Å². The minimum absolute atomic E-state index is 0.0246. The molecule has 1 saturated heterocycles. The molecule has 1 aliphatic carbocycles. The van der Waals surface area contributed by atoms with Crippen LogP contribution >= 0.6 is 0 Å². The van der Waals surface area contributed by atoms with Gasteiger partial charge in [0.15, 0.2) is 0 Å². The largest absolute Gasteiger partial charge is 0.411 e. The predicted octanol–water partition coefficient (Wildman–Crippen LogP) is 1.46. The summed E-state index contributed by atoms with van der Waals surface area (Å²) in [6.45, 7) is 1.74. The summed E-state index contributed by atoms with van der Waals surface area (Å²) in [6, 6.07) is 0. The van der Waals surface area contributed by atoms with E-state index in [1.54, 1.807) is 0 Å². The summed E-state index contributed by atoms with van der Waals surface area (Å²) < 4.78 is 0. The van der Waals surface area contributed by atoms with Crippen molar-refractivity contribution in [3.05, 3.63) is 0 Å². The Morgan fingerprint density at radius 3 is 2.62 bits per heavy atom. The van der Waals surface area contributed by atoms with Crippen LogP contribution in [0.25, 0.3) is 0 Å². The molecule has 2 aliphatic rings. The molecule has 4 heteroatoms. The number of hydrogen-bond acceptors (Lipinski definition) is 4. The van der Waals surface area contributed by atoms with Crippen molar-refractivity contribution in [2.75, 3.05) is 20.1 Å². The van der Waals surface area contributed by atoms with E-state index in [4.69, 9.17) is 5.21 Å². The molecule has 2 rings (SSSR count). The highest BCUT2D eigenvalue weighted by Crippen LogP contribution is 2.37. The van der Waals surface area contributed by atoms with Crippen LogP contribution in [-0.2, 0) is 0 Å². The van der Waals surface area contributed by atoms with Gasteiger partial charge in [-0.25, -0.2) is 0 Å². The summed E-state index contributed by atoms with van der Waals surface area (Å²) in [7, 11) is 2.06. The number of hydrogen-bond donors (Lipinski definition) is 2. The number of oxime groups is 1. The summed E-state index contributed by atoms with van der Waals surface area (Å²) in [5.41, 5.74) is 0.164. The Balaban J connectivity index is 2.15. The van der Waals surface area contributed by atoms with E-state index in [2.05, 4.69) is 17.1 Å². The van der Waals surface area contributed by atoms with E-state index in [9.17, 15) is 5.11 Å². The van der Waals surface area contributed by atoms with Crippen LogP contribution in [0, 0.1) is 5.92 Å². The van der Waals surface area contributed by atoms with Crippen molar-refractivity contribution in [3.8, 4) is 0 Å². The summed E-state index contributed by atoms with van der Waals surface area (Å²) in [4.78, 5) is 2.21. The summed E-state index contributed by atoms with van der Waals surface area (Å²) >= 11 is 0. The molecule has 0 spiro atoms. The van der Waals surface area contributed by atoms with Crippen LogP contribution in [0.2, 0.25) is 0 Å². The van der Waals surface area contributed by atoms with E-state index in [1.165, 1.54) is 6.42 Å². The topological polar surface area (TPSA) is 56.1 Å². The van der Waals surface area contributed by atoms with Crippen molar-refractivity contribution in [1.82, 2.24) is 4.90 Å². The van der Waals surface area contributed by atoms with Crippen LogP contribution in [0.15, 0.2) is 5.16 Å². The average Bonchev–Trinajstić information content (AvgIpc) is 2.30. The van der Waals surface area contributed by atoms with Gasteiger partial charge in [-0.05, 0) is 19.9 Å². The molecular weight excluding hydrogens is 204 g/mol. The van der Waals surface area contributed by atoms with Gasteiger partial charge in [0.05, 0.1) is 11.3 Å². The predicted molar refractivity (Wildman–Crippen MR) is 62.9 cm³/mol. The van der Waals surface area contributed by atoms with E-state index in [-0.39, 0.29) is 5.92 Å². The maximum atomic E-state index is 10.7. The Labute approximate surface area is 96.9 Å². The first-order valence-corrected chi connectivity index (χ1v) is 6.27. The molecule has 1 atom stereocenters. The zero-order valence-corrected chi connectivity index (χ0v) is 10.0. The second-order valence-corrected chi connectivity index (χ2v) is 5.32. The van der Waals surface area contributed by atoms with Crippen LogP contribution in [0.3, 0.4) is 0 Å². The van der Waals surface area contributed by atoms with Gasteiger partial charge in [0, 0.05) is 25.4 Å². The van der Waals surface area contributed by atoms with Crippen LogP contribution in [0.1, 0.15) is 38.5 Å². The first-order valence-electron chi connectivity index (χ1n) is 6.27. The number of piperidine rings is 1. The van der Waals surface area contributed by atoms with E-state index in [1.807, 2.05) is 0 Å². The van der Waals surface area contributed by atoms with Crippen molar-refractivity contribution in [3.63, 3.8) is 0 Å². The van der Waals surface area contributed by atoms with Crippen molar-refractivity contribution in [2.24, 2.45) is 11.1 Å². The third-order valence-electron chi connectivity index (χ3n) is 4.14. The molecule has 16 heavy (non-hydrogen) atoms. The normalized spacial score (nSPS) is 34.1. The Bertz CT molecular complexity index is 272. The standard InChI is InChI=1S/C12H22N2O2/c1-14-8-5-11(13-16)10(9-14)12(15)6-3-2-4-7-12/h10,15-16H,2-9H2,1H3/b13-11+. The zero-order valence-electron chi connectivity index (χ0n) is 10.0. The summed E-state index contributed by atoms with van der Waals surface area (Å²) in [6.07, 6.45) is 5.89. The minimum Gasteiger partial charge on any atom is -0.411 e.